The minimum atomic E-state index is -0.511. The molecule has 7 heteroatoms. The minimum absolute atomic E-state index is 0.0493. The van der Waals surface area contributed by atoms with Crippen LogP contribution in [-0.4, -0.2) is 22.2 Å². The normalized spacial score (nSPS) is 18.0. The molecule has 3 rings (SSSR count). The number of nitrogens with zero attached hydrogens (tertiary/aromatic N) is 1. The molecule has 0 unspecified atom stereocenters. The van der Waals surface area contributed by atoms with E-state index in [-0.39, 0.29) is 18.2 Å². The van der Waals surface area contributed by atoms with Gasteiger partial charge in [0.2, 0.25) is 11.8 Å². The fourth-order valence-corrected chi connectivity index (χ4v) is 3.61. The molecule has 1 aliphatic heterocycles. The van der Waals surface area contributed by atoms with Crippen molar-refractivity contribution in [3.8, 4) is 0 Å². The largest absolute Gasteiger partial charge is 0.325 e. The zero-order valence-corrected chi connectivity index (χ0v) is 15.9. The van der Waals surface area contributed by atoms with Crippen LogP contribution in [0.3, 0.4) is 0 Å². The summed E-state index contributed by atoms with van der Waals surface area (Å²) in [4.78, 5) is 28.8. The van der Waals surface area contributed by atoms with Crippen molar-refractivity contribution in [1.82, 2.24) is 5.32 Å². The van der Waals surface area contributed by atoms with Gasteiger partial charge in [-0.1, -0.05) is 41.6 Å². The second-order valence-corrected chi connectivity index (χ2v) is 7.61. The lowest BCUT2D eigenvalue weighted by molar-refractivity contribution is -0.122. The molecule has 0 aromatic heterocycles. The molecular weight excluding hydrogens is 370 g/mol. The minimum Gasteiger partial charge on any atom is -0.325 e. The Labute approximate surface area is 161 Å². The molecule has 0 saturated carbocycles. The molecule has 1 fully saturated rings. The van der Waals surface area contributed by atoms with Crippen molar-refractivity contribution >= 4 is 51.7 Å². The van der Waals surface area contributed by atoms with E-state index >= 15 is 0 Å². The third-order valence-electron chi connectivity index (χ3n) is 4.02. The van der Waals surface area contributed by atoms with Gasteiger partial charge in [0.05, 0.1) is 16.4 Å². The summed E-state index contributed by atoms with van der Waals surface area (Å²) >= 11 is 7.29. The van der Waals surface area contributed by atoms with Gasteiger partial charge in [-0.15, -0.1) is 0 Å². The number of hydrogen-bond donors (Lipinski definition) is 2. The Morgan fingerprint density at radius 2 is 2.00 bits per heavy atom. The van der Waals surface area contributed by atoms with E-state index in [1.807, 2.05) is 32.0 Å². The number of benzene rings is 2. The second-order valence-electron chi connectivity index (χ2n) is 6.01. The van der Waals surface area contributed by atoms with E-state index in [1.54, 1.807) is 24.3 Å². The fourth-order valence-electron chi connectivity index (χ4n) is 2.44. The summed E-state index contributed by atoms with van der Waals surface area (Å²) in [5, 5.41) is 5.92. The number of anilines is 1. The molecule has 5 nitrogen and oxygen atoms in total. The van der Waals surface area contributed by atoms with Gasteiger partial charge in [0.1, 0.15) is 5.25 Å². The molecule has 1 heterocycles. The van der Waals surface area contributed by atoms with E-state index < -0.39 is 5.25 Å². The van der Waals surface area contributed by atoms with Crippen LogP contribution in [0, 0.1) is 13.8 Å². The average Bonchev–Trinajstić information content (AvgIpc) is 2.92. The van der Waals surface area contributed by atoms with Crippen LogP contribution in [-0.2, 0) is 9.59 Å². The Bertz CT molecular complexity index is 898. The molecule has 1 atom stereocenters. The quantitative estimate of drug-likeness (QED) is 0.825. The van der Waals surface area contributed by atoms with Gasteiger partial charge < -0.3 is 10.6 Å². The molecule has 134 valence electrons. The molecule has 0 radical (unpaired) electrons. The molecule has 1 saturated heterocycles. The lowest BCUT2D eigenvalue weighted by atomic mass is 10.1. The zero-order chi connectivity index (χ0) is 18.7. The molecule has 26 heavy (non-hydrogen) atoms. The maximum atomic E-state index is 12.2. The van der Waals surface area contributed by atoms with Crippen molar-refractivity contribution in [1.29, 1.82) is 0 Å². The highest BCUT2D eigenvalue weighted by molar-refractivity contribution is 8.15. The van der Waals surface area contributed by atoms with Crippen molar-refractivity contribution in [2.24, 2.45) is 4.99 Å². The van der Waals surface area contributed by atoms with Crippen molar-refractivity contribution in [2.75, 3.05) is 5.32 Å². The monoisotopic (exact) mass is 387 g/mol. The smallest absolute Gasteiger partial charge is 0.240 e. The van der Waals surface area contributed by atoms with Gasteiger partial charge in [-0.2, -0.15) is 0 Å². The molecule has 2 aromatic carbocycles. The predicted molar refractivity (Wildman–Crippen MR) is 107 cm³/mol. The molecule has 2 amide bonds. The summed E-state index contributed by atoms with van der Waals surface area (Å²) in [6.07, 6.45) is 0.0493. The topological polar surface area (TPSA) is 70.6 Å². The summed E-state index contributed by atoms with van der Waals surface area (Å²) in [5.41, 5.74) is 3.63. The van der Waals surface area contributed by atoms with Gasteiger partial charge in [0.25, 0.3) is 0 Å². The number of amidine groups is 1. The maximum absolute atomic E-state index is 12.2. The maximum Gasteiger partial charge on any atom is 0.240 e. The Hall–Kier alpha value is -2.31. The Balaban J connectivity index is 1.64. The first-order chi connectivity index (χ1) is 12.4. The SMILES string of the molecule is Cc1ccc(N=C2NC(=O)[C@@H](CC(=O)Nc3ccccc3Cl)S2)cc1C. The van der Waals surface area contributed by atoms with E-state index in [9.17, 15) is 9.59 Å². The number of amides is 2. The van der Waals surface area contributed by atoms with Crippen LogP contribution in [0.4, 0.5) is 11.4 Å². The highest BCUT2D eigenvalue weighted by atomic mass is 35.5. The van der Waals surface area contributed by atoms with Crippen molar-refractivity contribution in [2.45, 2.75) is 25.5 Å². The first-order valence-electron chi connectivity index (χ1n) is 8.10. The number of rotatable bonds is 4. The van der Waals surface area contributed by atoms with Crippen LogP contribution in [0.1, 0.15) is 17.5 Å². The van der Waals surface area contributed by atoms with Crippen molar-refractivity contribution in [3.05, 3.63) is 58.6 Å². The number of carbonyl (C=O) groups excluding carboxylic acids is 2. The number of halogens is 1. The van der Waals surface area contributed by atoms with Gasteiger partial charge in [-0.05, 0) is 49.2 Å². The van der Waals surface area contributed by atoms with E-state index in [0.717, 1.165) is 11.3 Å². The van der Waals surface area contributed by atoms with Gasteiger partial charge >= 0.3 is 0 Å². The molecule has 2 aromatic rings. The van der Waals surface area contributed by atoms with Crippen LogP contribution in [0.2, 0.25) is 5.02 Å². The lowest BCUT2D eigenvalue weighted by Crippen LogP contribution is -2.28. The summed E-state index contributed by atoms with van der Waals surface area (Å²) < 4.78 is 0. The predicted octanol–water partition coefficient (Wildman–Crippen LogP) is 4.20. The number of hydrogen-bond acceptors (Lipinski definition) is 4. The molecule has 0 spiro atoms. The number of thioether (sulfide) groups is 1. The Morgan fingerprint density at radius 3 is 2.73 bits per heavy atom. The zero-order valence-electron chi connectivity index (χ0n) is 14.4. The number of para-hydroxylation sites is 1. The molecular formula is C19H18ClN3O2S. The van der Waals surface area contributed by atoms with Crippen LogP contribution in [0.5, 0.6) is 0 Å². The standard InChI is InChI=1S/C19H18ClN3O2S/c1-11-7-8-13(9-12(11)2)21-19-23-18(25)16(26-19)10-17(24)22-15-6-4-3-5-14(15)20/h3-9,16H,10H2,1-2H3,(H,22,24)(H,21,23,25)/t16-/m1/s1. The van der Waals surface area contributed by atoms with Crippen molar-refractivity contribution < 1.29 is 9.59 Å². The van der Waals surface area contributed by atoms with E-state index in [4.69, 9.17) is 11.6 Å². The number of aryl methyl sites for hydroxylation is 2. The second kappa shape index (κ2) is 7.93. The van der Waals surface area contributed by atoms with Gasteiger partial charge in [-0.3, -0.25) is 9.59 Å². The highest BCUT2D eigenvalue weighted by Gasteiger charge is 2.32. The number of aliphatic imine (C=N–C) groups is 1. The molecule has 0 aliphatic carbocycles. The van der Waals surface area contributed by atoms with E-state index in [0.29, 0.717) is 15.9 Å². The Morgan fingerprint density at radius 1 is 1.23 bits per heavy atom. The highest BCUT2D eigenvalue weighted by Crippen LogP contribution is 2.27. The van der Waals surface area contributed by atoms with Gasteiger partial charge in [0.15, 0.2) is 5.17 Å². The van der Waals surface area contributed by atoms with Crippen LogP contribution < -0.4 is 10.6 Å². The van der Waals surface area contributed by atoms with E-state index in [1.165, 1.54) is 17.3 Å². The summed E-state index contributed by atoms with van der Waals surface area (Å²) in [6, 6.07) is 12.8. The van der Waals surface area contributed by atoms with Crippen LogP contribution in [0.25, 0.3) is 0 Å². The molecule has 0 bridgehead atoms. The van der Waals surface area contributed by atoms with Crippen LogP contribution in [0.15, 0.2) is 47.5 Å². The lowest BCUT2D eigenvalue weighted by Gasteiger charge is -2.08. The molecule has 2 N–H and O–H groups in total. The average molecular weight is 388 g/mol. The molecule has 1 aliphatic rings. The first-order valence-corrected chi connectivity index (χ1v) is 9.36. The van der Waals surface area contributed by atoms with Crippen molar-refractivity contribution in [3.63, 3.8) is 0 Å². The number of nitrogens with one attached hydrogen (secondary N) is 2. The van der Waals surface area contributed by atoms with Gasteiger partial charge in [0, 0.05) is 6.42 Å². The van der Waals surface area contributed by atoms with Crippen LogP contribution >= 0.6 is 23.4 Å². The third kappa shape index (κ3) is 4.45. The number of carbonyl (C=O) groups is 2. The summed E-state index contributed by atoms with van der Waals surface area (Å²) in [6.45, 7) is 4.05. The first kappa shape index (κ1) is 18.5. The third-order valence-corrected chi connectivity index (χ3v) is 5.43. The fraction of sp³-hybridized carbons (Fsp3) is 0.211. The Kier molecular flexibility index (Phi) is 5.64. The van der Waals surface area contributed by atoms with E-state index in [2.05, 4.69) is 15.6 Å². The summed E-state index contributed by atoms with van der Waals surface area (Å²) in [7, 11) is 0. The summed E-state index contributed by atoms with van der Waals surface area (Å²) in [5.74, 6) is -0.481. The van der Waals surface area contributed by atoms with Gasteiger partial charge in [-0.25, -0.2) is 4.99 Å².